The number of amides is 1. The van der Waals surface area contributed by atoms with Crippen LogP contribution in [0.2, 0.25) is 0 Å². The summed E-state index contributed by atoms with van der Waals surface area (Å²) in [6, 6.07) is -0.0693. The predicted octanol–water partition coefficient (Wildman–Crippen LogP) is 0.809. The van der Waals surface area contributed by atoms with Crippen LogP contribution in [0.5, 0.6) is 0 Å². The number of rotatable bonds is 7. The van der Waals surface area contributed by atoms with Crippen molar-refractivity contribution in [3.05, 3.63) is 0 Å². The molecule has 4 nitrogen and oxygen atoms in total. The Morgan fingerprint density at radius 1 is 1.50 bits per heavy atom. The van der Waals surface area contributed by atoms with Gasteiger partial charge in [-0.2, -0.15) is 13.2 Å². The highest BCUT2D eigenvalue weighted by Gasteiger charge is 2.27. The Labute approximate surface area is 92.3 Å². The maximum Gasteiger partial charge on any atom is 0.411 e. The first-order valence-electron chi connectivity index (χ1n) is 4.99. The van der Waals surface area contributed by atoms with Crippen LogP contribution in [0.25, 0.3) is 0 Å². The SMILES string of the molecule is CC(CCN)NC(=O)CCOCC(F)(F)F. The number of alkyl halides is 3. The molecule has 16 heavy (non-hydrogen) atoms. The van der Waals surface area contributed by atoms with Crippen LogP contribution in [-0.2, 0) is 9.53 Å². The van der Waals surface area contributed by atoms with Gasteiger partial charge in [0.1, 0.15) is 6.61 Å². The fourth-order valence-electron chi connectivity index (χ4n) is 1.02. The number of hydrogen-bond acceptors (Lipinski definition) is 3. The topological polar surface area (TPSA) is 64.3 Å². The average Bonchev–Trinajstić information content (AvgIpc) is 2.11. The third-order valence-corrected chi connectivity index (χ3v) is 1.75. The largest absolute Gasteiger partial charge is 0.411 e. The molecule has 0 aliphatic rings. The number of ether oxygens (including phenoxy) is 1. The standard InChI is InChI=1S/C9H17F3N2O2/c1-7(2-4-13)14-8(15)3-5-16-6-9(10,11)12/h7H,2-6,13H2,1H3,(H,14,15). The van der Waals surface area contributed by atoms with Gasteiger partial charge in [-0.1, -0.05) is 0 Å². The molecule has 0 bridgehead atoms. The summed E-state index contributed by atoms with van der Waals surface area (Å²) in [7, 11) is 0. The summed E-state index contributed by atoms with van der Waals surface area (Å²) in [6.45, 7) is 0.673. The highest BCUT2D eigenvalue weighted by Crippen LogP contribution is 2.14. The zero-order valence-electron chi connectivity index (χ0n) is 9.14. The van der Waals surface area contributed by atoms with Crippen LogP contribution in [0.4, 0.5) is 13.2 Å². The minimum atomic E-state index is -4.34. The minimum absolute atomic E-state index is 0.0693. The first kappa shape index (κ1) is 15.2. The fraction of sp³-hybridized carbons (Fsp3) is 0.889. The van der Waals surface area contributed by atoms with Gasteiger partial charge >= 0.3 is 6.18 Å². The molecule has 0 aromatic rings. The van der Waals surface area contributed by atoms with E-state index in [2.05, 4.69) is 10.1 Å². The Balaban J connectivity index is 3.51. The molecule has 0 heterocycles. The molecule has 1 unspecified atom stereocenters. The maximum atomic E-state index is 11.7. The second kappa shape index (κ2) is 7.45. The smallest absolute Gasteiger partial charge is 0.372 e. The number of carbonyl (C=O) groups is 1. The molecule has 0 rings (SSSR count). The van der Waals surface area contributed by atoms with Crippen LogP contribution in [0, 0.1) is 0 Å². The van der Waals surface area contributed by atoms with E-state index in [0.29, 0.717) is 13.0 Å². The van der Waals surface area contributed by atoms with Crippen LogP contribution >= 0.6 is 0 Å². The van der Waals surface area contributed by atoms with Crippen molar-refractivity contribution in [2.75, 3.05) is 19.8 Å². The molecule has 0 saturated heterocycles. The van der Waals surface area contributed by atoms with Crippen LogP contribution in [0.15, 0.2) is 0 Å². The molecule has 0 fully saturated rings. The van der Waals surface area contributed by atoms with E-state index in [1.807, 2.05) is 0 Å². The highest BCUT2D eigenvalue weighted by atomic mass is 19.4. The maximum absolute atomic E-state index is 11.7. The number of nitrogens with one attached hydrogen (secondary N) is 1. The fourth-order valence-corrected chi connectivity index (χ4v) is 1.02. The number of carbonyl (C=O) groups excluding carboxylic acids is 1. The summed E-state index contributed by atoms with van der Waals surface area (Å²) in [6.07, 6.45) is -3.79. The van der Waals surface area contributed by atoms with Crippen molar-refractivity contribution < 1.29 is 22.7 Å². The van der Waals surface area contributed by atoms with Gasteiger partial charge in [0.05, 0.1) is 6.61 Å². The van der Waals surface area contributed by atoms with Gasteiger partial charge in [-0.3, -0.25) is 4.79 Å². The van der Waals surface area contributed by atoms with Crippen LogP contribution in [0.1, 0.15) is 19.8 Å². The lowest BCUT2D eigenvalue weighted by molar-refractivity contribution is -0.174. The molecular formula is C9H17F3N2O2. The van der Waals surface area contributed by atoms with Crippen molar-refractivity contribution in [1.82, 2.24) is 5.32 Å². The summed E-state index contributed by atoms with van der Waals surface area (Å²) < 4.78 is 39.3. The first-order valence-corrected chi connectivity index (χ1v) is 4.99. The van der Waals surface area contributed by atoms with E-state index >= 15 is 0 Å². The van der Waals surface area contributed by atoms with Crippen molar-refractivity contribution >= 4 is 5.91 Å². The van der Waals surface area contributed by atoms with Crippen molar-refractivity contribution in [2.24, 2.45) is 5.73 Å². The van der Waals surface area contributed by atoms with Crippen molar-refractivity contribution in [3.63, 3.8) is 0 Å². The Bertz CT molecular complexity index is 209. The van der Waals surface area contributed by atoms with E-state index < -0.39 is 12.8 Å². The molecule has 0 spiro atoms. The van der Waals surface area contributed by atoms with E-state index in [0.717, 1.165) is 0 Å². The summed E-state index contributed by atoms with van der Waals surface area (Å²) in [4.78, 5) is 11.1. The van der Waals surface area contributed by atoms with Gasteiger partial charge in [-0.25, -0.2) is 0 Å². The second-order valence-electron chi connectivity index (χ2n) is 3.46. The minimum Gasteiger partial charge on any atom is -0.372 e. The molecule has 0 aromatic heterocycles. The van der Waals surface area contributed by atoms with Crippen molar-refractivity contribution in [1.29, 1.82) is 0 Å². The molecule has 0 saturated carbocycles. The van der Waals surface area contributed by atoms with Gasteiger partial charge in [0.25, 0.3) is 0 Å². The lowest BCUT2D eigenvalue weighted by atomic mass is 10.2. The lowest BCUT2D eigenvalue weighted by Gasteiger charge is -2.12. The van der Waals surface area contributed by atoms with Gasteiger partial charge in [-0.05, 0) is 19.9 Å². The zero-order valence-corrected chi connectivity index (χ0v) is 9.14. The van der Waals surface area contributed by atoms with Gasteiger partial charge in [0.15, 0.2) is 0 Å². The van der Waals surface area contributed by atoms with Crippen molar-refractivity contribution in [3.8, 4) is 0 Å². The lowest BCUT2D eigenvalue weighted by Crippen LogP contribution is -2.34. The van der Waals surface area contributed by atoms with Crippen LogP contribution in [0.3, 0.4) is 0 Å². The highest BCUT2D eigenvalue weighted by molar-refractivity contribution is 5.76. The van der Waals surface area contributed by atoms with Crippen molar-refractivity contribution in [2.45, 2.75) is 32.0 Å². The molecule has 1 amide bonds. The van der Waals surface area contributed by atoms with Crippen LogP contribution in [-0.4, -0.2) is 37.9 Å². The van der Waals surface area contributed by atoms with Crippen LogP contribution < -0.4 is 11.1 Å². The molecular weight excluding hydrogens is 225 g/mol. The molecule has 0 aliphatic heterocycles. The molecule has 0 aliphatic carbocycles. The quantitative estimate of drug-likeness (QED) is 0.649. The van der Waals surface area contributed by atoms with Gasteiger partial charge < -0.3 is 15.8 Å². The Morgan fingerprint density at radius 2 is 2.12 bits per heavy atom. The molecule has 3 N–H and O–H groups in total. The van der Waals surface area contributed by atoms with E-state index in [4.69, 9.17) is 5.73 Å². The summed E-state index contributed by atoms with van der Waals surface area (Å²) in [5.41, 5.74) is 5.27. The zero-order chi connectivity index (χ0) is 12.6. The molecule has 7 heteroatoms. The summed E-state index contributed by atoms with van der Waals surface area (Å²) in [5.74, 6) is -0.330. The first-order chi connectivity index (χ1) is 7.35. The number of hydrogen-bond donors (Lipinski definition) is 2. The Hall–Kier alpha value is -0.820. The average molecular weight is 242 g/mol. The normalized spacial score (nSPS) is 13.6. The van der Waals surface area contributed by atoms with Gasteiger partial charge in [-0.15, -0.1) is 0 Å². The monoisotopic (exact) mass is 242 g/mol. The van der Waals surface area contributed by atoms with E-state index in [9.17, 15) is 18.0 Å². The second-order valence-corrected chi connectivity index (χ2v) is 3.46. The number of halogens is 3. The molecule has 0 radical (unpaired) electrons. The van der Waals surface area contributed by atoms with E-state index in [1.54, 1.807) is 6.92 Å². The third-order valence-electron chi connectivity index (χ3n) is 1.75. The summed E-state index contributed by atoms with van der Waals surface area (Å²) in [5, 5.41) is 2.60. The van der Waals surface area contributed by atoms with E-state index in [-0.39, 0.29) is 25.0 Å². The molecule has 0 aromatic carbocycles. The predicted molar refractivity (Wildman–Crippen MR) is 52.8 cm³/mol. The van der Waals surface area contributed by atoms with Gasteiger partial charge in [0.2, 0.25) is 5.91 Å². The summed E-state index contributed by atoms with van der Waals surface area (Å²) >= 11 is 0. The van der Waals surface area contributed by atoms with Gasteiger partial charge in [0, 0.05) is 12.5 Å². The van der Waals surface area contributed by atoms with E-state index in [1.165, 1.54) is 0 Å². The number of nitrogens with two attached hydrogens (primary N) is 1. The molecule has 96 valence electrons. The Morgan fingerprint density at radius 3 is 2.62 bits per heavy atom. The Kier molecular flexibility index (Phi) is 7.07. The molecule has 1 atom stereocenters. The third kappa shape index (κ3) is 9.72.